The summed E-state index contributed by atoms with van der Waals surface area (Å²) in [5, 5.41) is 3.57. The molecule has 1 aromatic heterocycles. The summed E-state index contributed by atoms with van der Waals surface area (Å²) in [4.78, 5) is 2.32. The molecule has 1 aliphatic carbocycles. The van der Waals surface area contributed by atoms with Gasteiger partial charge in [0, 0.05) is 31.2 Å². The van der Waals surface area contributed by atoms with Gasteiger partial charge in [-0.2, -0.15) is 0 Å². The minimum Gasteiger partial charge on any atom is -0.469 e. The van der Waals surface area contributed by atoms with E-state index >= 15 is 0 Å². The molecular weight excluding hydrogens is 260 g/mol. The lowest BCUT2D eigenvalue weighted by Crippen LogP contribution is -2.18. The maximum atomic E-state index is 5.36. The van der Waals surface area contributed by atoms with Crippen LogP contribution in [-0.2, 0) is 19.6 Å². The molecule has 1 heterocycles. The van der Waals surface area contributed by atoms with Gasteiger partial charge in [-0.1, -0.05) is 24.3 Å². The van der Waals surface area contributed by atoms with Crippen molar-refractivity contribution in [2.45, 2.75) is 45.4 Å². The number of benzene rings is 1. The first kappa shape index (κ1) is 14.4. The van der Waals surface area contributed by atoms with E-state index in [0.29, 0.717) is 0 Å². The topological polar surface area (TPSA) is 28.4 Å². The first-order chi connectivity index (χ1) is 10.2. The summed E-state index contributed by atoms with van der Waals surface area (Å²) in [7, 11) is 2.15. The molecule has 2 aromatic rings. The van der Waals surface area contributed by atoms with Gasteiger partial charge in [-0.3, -0.25) is 4.90 Å². The lowest BCUT2D eigenvalue weighted by molar-refractivity contribution is 0.316. The lowest BCUT2D eigenvalue weighted by Gasteiger charge is -2.17. The second-order valence-electron chi connectivity index (χ2n) is 6.15. The van der Waals surface area contributed by atoms with E-state index < -0.39 is 0 Å². The molecule has 0 bridgehead atoms. The fourth-order valence-electron chi connectivity index (χ4n) is 2.62. The summed E-state index contributed by atoms with van der Waals surface area (Å²) in [5.41, 5.74) is 4.02. The van der Waals surface area contributed by atoms with Crippen molar-refractivity contribution in [2.75, 3.05) is 7.05 Å². The Kier molecular flexibility index (Phi) is 4.42. The highest BCUT2D eigenvalue weighted by atomic mass is 16.3. The van der Waals surface area contributed by atoms with Crippen molar-refractivity contribution in [1.82, 2.24) is 10.2 Å². The van der Waals surface area contributed by atoms with E-state index in [-0.39, 0.29) is 0 Å². The molecule has 0 aliphatic heterocycles. The van der Waals surface area contributed by atoms with Crippen LogP contribution < -0.4 is 5.32 Å². The molecular formula is C18H24N2O. The number of nitrogens with zero attached hydrogens (tertiary/aromatic N) is 1. The molecule has 1 aromatic carbocycles. The van der Waals surface area contributed by atoms with Gasteiger partial charge >= 0.3 is 0 Å². The van der Waals surface area contributed by atoms with Gasteiger partial charge in [0.15, 0.2) is 0 Å². The van der Waals surface area contributed by atoms with Crippen molar-refractivity contribution >= 4 is 0 Å². The van der Waals surface area contributed by atoms with Crippen LogP contribution in [-0.4, -0.2) is 18.0 Å². The fraction of sp³-hybridized carbons (Fsp3) is 0.444. The molecule has 3 heteroatoms. The van der Waals surface area contributed by atoms with E-state index in [1.807, 2.05) is 6.92 Å². The minimum absolute atomic E-state index is 0.764. The number of hydrogen-bond acceptors (Lipinski definition) is 3. The molecule has 0 atom stereocenters. The van der Waals surface area contributed by atoms with Crippen LogP contribution in [0.3, 0.4) is 0 Å². The maximum absolute atomic E-state index is 5.36. The second-order valence-corrected chi connectivity index (χ2v) is 6.15. The average molecular weight is 284 g/mol. The van der Waals surface area contributed by atoms with Crippen molar-refractivity contribution in [1.29, 1.82) is 0 Å². The molecule has 0 saturated heterocycles. The number of hydrogen-bond donors (Lipinski definition) is 1. The van der Waals surface area contributed by atoms with Gasteiger partial charge in [0.2, 0.25) is 0 Å². The summed E-state index contributed by atoms with van der Waals surface area (Å²) < 4.78 is 5.36. The van der Waals surface area contributed by atoms with Crippen LogP contribution in [0, 0.1) is 6.92 Å². The smallest absolute Gasteiger partial charge is 0.105 e. The highest BCUT2D eigenvalue weighted by Gasteiger charge is 2.19. The standard InChI is InChI=1S/C18H24N2O/c1-14-17(8-9-21-14)13-20(2)12-16-5-3-4-15(10-16)11-19-18-6-7-18/h3-5,8-10,18-19H,6-7,11-13H2,1-2H3. The Hall–Kier alpha value is -1.58. The monoisotopic (exact) mass is 284 g/mol. The largest absolute Gasteiger partial charge is 0.469 e. The fourth-order valence-corrected chi connectivity index (χ4v) is 2.62. The first-order valence-corrected chi connectivity index (χ1v) is 7.73. The normalized spacial score (nSPS) is 14.8. The van der Waals surface area contributed by atoms with Crippen molar-refractivity contribution in [3.63, 3.8) is 0 Å². The zero-order valence-electron chi connectivity index (χ0n) is 12.9. The molecule has 0 unspecified atom stereocenters. The third-order valence-corrected chi connectivity index (χ3v) is 4.02. The van der Waals surface area contributed by atoms with Gasteiger partial charge in [-0.05, 0) is 44.0 Å². The predicted molar refractivity (Wildman–Crippen MR) is 84.9 cm³/mol. The van der Waals surface area contributed by atoms with Gasteiger partial charge in [0.25, 0.3) is 0 Å². The Bertz CT molecular complexity index is 586. The van der Waals surface area contributed by atoms with Crippen molar-refractivity contribution in [3.05, 3.63) is 59.0 Å². The van der Waals surface area contributed by atoms with Crippen molar-refractivity contribution in [2.24, 2.45) is 0 Å². The summed E-state index contributed by atoms with van der Waals surface area (Å²) >= 11 is 0. The Morgan fingerprint density at radius 1 is 1.19 bits per heavy atom. The van der Waals surface area contributed by atoms with E-state index in [4.69, 9.17) is 4.42 Å². The van der Waals surface area contributed by atoms with Crippen molar-refractivity contribution < 1.29 is 4.42 Å². The Morgan fingerprint density at radius 3 is 2.71 bits per heavy atom. The van der Waals surface area contributed by atoms with Crippen LogP contribution in [0.5, 0.6) is 0 Å². The molecule has 112 valence electrons. The minimum atomic E-state index is 0.764. The lowest BCUT2D eigenvalue weighted by atomic mass is 10.1. The predicted octanol–water partition coefficient (Wildman–Crippen LogP) is 3.47. The van der Waals surface area contributed by atoms with Crippen LogP contribution >= 0.6 is 0 Å². The Morgan fingerprint density at radius 2 is 2.00 bits per heavy atom. The van der Waals surface area contributed by atoms with Crippen LogP contribution in [0.2, 0.25) is 0 Å². The van der Waals surface area contributed by atoms with Crippen molar-refractivity contribution in [3.8, 4) is 0 Å². The summed E-state index contributed by atoms with van der Waals surface area (Å²) in [6.45, 7) is 4.89. The third kappa shape index (κ3) is 4.19. The molecule has 21 heavy (non-hydrogen) atoms. The van der Waals surface area contributed by atoms with E-state index in [0.717, 1.165) is 31.4 Å². The van der Waals surface area contributed by atoms with Crippen LogP contribution in [0.25, 0.3) is 0 Å². The molecule has 0 spiro atoms. The van der Waals surface area contributed by atoms with Gasteiger partial charge in [-0.15, -0.1) is 0 Å². The zero-order chi connectivity index (χ0) is 14.7. The number of furan rings is 1. The van der Waals surface area contributed by atoms with Crippen LogP contribution in [0.1, 0.15) is 35.3 Å². The molecule has 1 aliphatic rings. The van der Waals surface area contributed by atoms with Crippen LogP contribution in [0.4, 0.5) is 0 Å². The molecule has 0 radical (unpaired) electrons. The summed E-state index contributed by atoms with van der Waals surface area (Å²) in [6.07, 6.45) is 4.45. The second kappa shape index (κ2) is 6.46. The van der Waals surface area contributed by atoms with Gasteiger partial charge in [0.1, 0.15) is 5.76 Å². The molecule has 1 fully saturated rings. The average Bonchev–Trinajstić information content (AvgIpc) is 3.21. The SMILES string of the molecule is Cc1occc1CN(C)Cc1cccc(CNC2CC2)c1. The highest BCUT2D eigenvalue weighted by molar-refractivity contribution is 5.24. The third-order valence-electron chi connectivity index (χ3n) is 4.02. The van der Waals surface area contributed by atoms with Crippen LogP contribution in [0.15, 0.2) is 41.0 Å². The van der Waals surface area contributed by atoms with Gasteiger partial charge in [0.05, 0.1) is 6.26 Å². The number of aryl methyl sites for hydroxylation is 1. The van der Waals surface area contributed by atoms with Gasteiger partial charge in [-0.25, -0.2) is 0 Å². The Labute approximate surface area is 127 Å². The highest BCUT2D eigenvalue weighted by Crippen LogP contribution is 2.19. The number of rotatable bonds is 7. The molecule has 1 N–H and O–H groups in total. The first-order valence-electron chi connectivity index (χ1n) is 7.73. The van der Waals surface area contributed by atoms with E-state index in [9.17, 15) is 0 Å². The van der Waals surface area contributed by atoms with E-state index in [2.05, 4.69) is 47.6 Å². The molecule has 1 saturated carbocycles. The summed E-state index contributed by atoms with van der Waals surface area (Å²) in [5.74, 6) is 1.02. The zero-order valence-corrected chi connectivity index (χ0v) is 12.9. The maximum Gasteiger partial charge on any atom is 0.105 e. The molecule has 3 rings (SSSR count). The van der Waals surface area contributed by atoms with E-state index in [1.165, 1.54) is 29.5 Å². The summed E-state index contributed by atoms with van der Waals surface area (Å²) in [6, 6.07) is 11.7. The molecule has 3 nitrogen and oxygen atoms in total. The van der Waals surface area contributed by atoms with E-state index in [1.54, 1.807) is 6.26 Å². The van der Waals surface area contributed by atoms with Gasteiger partial charge < -0.3 is 9.73 Å². The quantitative estimate of drug-likeness (QED) is 0.844. The number of nitrogens with one attached hydrogen (secondary N) is 1. The molecule has 0 amide bonds. The Balaban J connectivity index is 1.55.